The van der Waals surface area contributed by atoms with Crippen LogP contribution in [-0.4, -0.2) is 22.9 Å². The van der Waals surface area contributed by atoms with E-state index in [-0.39, 0.29) is 0 Å². The Morgan fingerprint density at radius 3 is 1.80 bits per heavy atom. The van der Waals surface area contributed by atoms with Gasteiger partial charge in [-0.05, 0) is 0 Å². The van der Waals surface area contributed by atoms with E-state index in [4.69, 9.17) is 0 Å². The molecule has 0 aromatic rings. The quantitative estimate of drug-likeness (QED) is 0.296. The Morgan fingerprint density at radius 2 is 1.80 bits per heavy atom. The second-order valence-corrected chi connectivity index (χ2v) is 1.62. The third kappa shape index (κ3) is 4.40. The smallest absolute Gasteiger partial charge is 0.199 e. The lowest BCUT2D eigenvalue weighted by atomic mass is 11.1. The van der Waals surface area contributed by atoms with E-state index in [0.717, 1.165) is 0 Å². The Bertz CT molecular complexity index is 44.9. The second-order valence-electron chi connectivity index (χ2n) is 1.06. The monoisotopic (exact) mass is 184 g/mol. The lowest BCUT2D eigenvalue weighted by Gasteiger charge is -1.70. The fraction of sp³-hybridized carbons (Fsp3) is 0.667. The highest BCUT2D eigenvalue weighted by Crippen LogP contribution is 1.63. The van der Waals surface area contributed by atoms with Crippen molar-refractivity contribution >= 4 is 26.8 Å². The summed E-state index contributed by atoms with van der Waals surface area (Å²) >= 11 is 2.18. The van der Waals surface area contributed by atoms with Gasteiger partial charge in [0, 0.05) is 22.6 Å². The van der Waals surface area contributed by atoms with Crippen molar-refractivity contribution in [1.82, 2.24) is 0 Å². The molecule has 0 heterocycles. The van der Waals surface area contributed by atoms with Crippen molar-refractivity contribution in [3.8, 4) is 0 Å². The summed E-state index contributed by atoms with van der Waals surface area (Å²) in [7, 11) is 3.98. The highest BCUT2D eigenvalue weighted by atomic mass is 127. The van der Waals surface area contributed by atoms with E-state index in [0.29, 0.717) is 0 Å². The average Bonchev–Trinajstić information content (AvgIpc) is 1.38. The van der Waals surface area contributed by atoms with Crippen molar-refractivity contribution in [3.63, 3.8) is 0 Å². The van der Waals surface area contributed by atoms with Gasteiger partial charge in [-0.3, -0.25) is 0 Å². The van der Waals surface area contributed by atoms with Gasteiger partial charge in [0.2, 0.25) is 0 Å². The Balaban J connectivity index is 3.14. The number of hydrogen-bond acceptors (Lipinski definition) is 0. The zero-order valence-electron chi connectivity index (χ0n) is 3.40. The molecule has 0 bridgehead atoms. The lowest BCUT2D eigenvalue weighted by Crippen LogP contribution is -1.91. The maximum absolute atomic E-state index is 2.18. The van der Waals surface area contributed by atoms with Crippen LogP contribution in [0.15, 0.2) is 0 Å². The molecule has 0 rings (SSSR count). The van der Waals surface area contributed by atoms with E-state index < -0.39 is 0 Å². The summed E-state index contributed by atoms with van der Waals surface area (Å²) in [5, 5.41) is 0. The largest absolute Gasteiger partial charge is 0.236 e. The van der Waals surface area contributed by atoms with E-state index in [1.54, 1.807) is 0 Å². The minimum absolute atomic E-state index is 1.97. The molecule has 30 valence electrons. The fourth-order valence-corrected chi connectivity index (χ4v) is 0. The van der Waals surface area contributed by atoms with E-state index in [9.17, 15) is 0 Å². The molecule has 1 nitrogen and oxygen atoms in total. The van der Waals surface area contributed by atoms with Gasteiger partial charge in [-0.15, -0.1) is 0 Å². The van der Waals surface area contributed by atoms with Crippen molar-refractivity contribution in [1.29, 1.82) is 0 Å². The van der Waals surface area contributed by atoms with E-state index >= 15 is 0 Å². The predicted molar refractivity (Wildman–Crippen MR) is 32.2 cm³/mol. The maximum Gasteiger partial charge on any atom is 0.199 e. The van der Waals surface area contributed by atoms with Crippen LogP contribution < -0.4 is 0 Å². The Morgan fingerprint density at radius 1 is 1.60 bits per heavy atom. The molecule has 0 saturated heterocycles. The summed E-state index contributed by atoms with van der Waals surface area (Å²) in [5.74, 6) is 0. The standard InChI is InChI=1S/C3H7IN/c1-5(2)3-4/h3H,1-2H3/q+1. The van der Waals surface area contributed by atoms with Crippen LogP contribution in [0, 0.1) is 0 Å². The molecule has 0 fully saturated rings. The van der Waals surface area contributed by atoms with Gasteiger partial charge in [-0.25, -0.2) is 4.58 Å². The van der Waals surface area contributed by atoms with Gasteiger partial charge in [0.1, 0.15) is 14.1 Å². The van der Waals surface area contributed by atoms with Gasteiger partial charge in [-0.1, -0.05) is 0 Å². The van der Waals surface area contributed by atoms with Gasteiger partial charge in [0.25, 0.3) is 0 Å². The maximum atomic E-state index is 2.18. The lowest BCUT2D eigenvalue weighted by molar-refractivity contribution is -0.455. The van der Waals surface area contributed by atoms with Crippen molar-refractivity contribution in [3.05, 3.63) is 0 Å². The summed E-state index contributed by atoms with van der Waals surface area (Å²) in [6.07, 6.45) is 0. The minimum Gasteiger partial charge on any atom is -0.236 e. The molecule has 0 N–H and O–H groups in total. The predicted octanol–water partition coefficient (Wildman–Crippen LogP) is 0.722. The van der Waals surface area contributed by atoms with Crippen LogP contribution in [0.25, 0.3) is 0 Å². The van der Waals surface area contributed by atoms with Crippen LogP contribution in [-0.2, 0) is 0 Å². The molecule has 0 aliphatic heterocycles. The first kappa shape index (κ1) is 5.40. The molecule has 0 aromatic heterocycles. The summed E-state index contributed by atoms with van der Waals surface area (Å²) in [4.78, 5) is 0. The summed E-state index contributed by atoms with van der Waals surface area (Å²) < 4.78 is 3.96. The second kappa shape index (κ2) is 2.63. The van der Waals surface area contributed by atoms with Crippen LogP contribution in [0.4, 0.5) is 0 Å². The summed E-state index contributed by atoms with van der Waals surface area (Å²) in [5.41, 5.74) is 0. The first-order valence-corrected chi connectivity index (χ1v) is 2.62. The molecule has 0 amide bonds. The van der Waals surface area contributed by atoms with Crippen LogP contribution >= 0.6 is 22.6 Å². The highest BCUT2D eigenvalue weighted by Gasteiger charge is 1.66. The van der Waals surface area contributed by atoms with E-state index in [1.807, 2.05) is 22.9 Å². The first-order valence-electron chi connectivity index (χ1n) is 1.37. The van der Waals surface area contributed by atoms with Gasteiger partial charge in [-0.2, -0.15) is 0 Å². The molecule has 0 aromatic carbocycles. The summed E-state index contributed by atoms with van der Waals surface area (Å²) in [6.45, 7) is 0. The molecule has 0 aliphatic rings. The summed E-state index contributed by atoms with van der Waals surface area (Å²) in [6, 6.07) is 0. The van der Waals surface area contributed by atoms with E-state index in [1.165, 1.54) is 0 Å². The topological polar surface area (TPSA) is 3.01 Å². The number of nitrogens with zero attached hydrogens (tertiary/aromatic N) is 1. The number of halogens is 1. The first-order chi connectivity index (χ1) is 2.27. The van der Waals surface area contributed by atoms with Crippen LogP contribution in [0.5, 0.6) is 0 Å². The molecular formula is C3H7IN+. The molecule has 0 saturated carbocycles. The van der Waals surface area contributed by atoms with Crippen molar-refractivity contribution in [2.24, 2.45) is 0 Å². The molecule has 0 aliphatic carbocycles. The molecule has 0 atom stereocenters. The minimum atomic E-state index is 1.97. The van der Waals surface area contributed by atoms with Gasteiger partial charge < -0.3 is 0 Å². The SMILES string of the molecule is C[N+](C)=CI. The van der Waals surface area contributed by atoms with Crippen LogP contribution in [0.1, 0.15) is 0 Å². The van der Waals surface area contributed by atoms with Crippen LogP contribution in [0.2, 0.25) is 0 Å². The Kier molecular flexibility index (Phi) is 2.84. The van der Waals surface area contributed by atoms with Gasteiger partial charge in [0.15, 0.2) is 4.22 Å². The Labute approximate surface area is 45.8 Å². The molecular weight excluding hydrogens is 177 g/mol. The molecule has 0 spiro atoms. The van der Waals surface area contributed by atoms with Crippen LogP contribution in [0.3, 0.4) is 0 Å². The van der Waals surface area contributed by atoms with Crippen molar-refractivity contribution in [2.75, 3.05) is 14.1 Å². The van der Waals surface area contributed by atoms with Gasteiger partial charge in [0.05, 0.1) is 0 Å². The van der Waals surface area contributed by atoms with E-state index in [2.05, 4.69) is 22.6 Å². The molecule has 2 heteroatoms. The molecule has 5 heavy (non-hydrogen) atoms. The van der Waals surface area contributed by atoms with Crippen molar-refractivity contribution in [2.45, 2.75) is 0 Å². The zero-order chi connectivity index (χ0) is 4.28. The van der Waals surface area contributed by atoms with Crippen molar-refractivity contribution < 1.29 is 4.58 Å². The zero-order valence-corrected chi connectivity index (χ0v) is 5.56. The fourth-order valence-electron chi connectivity index (χ4n) is 0. The third-order valence-electron chi connectivity index (χ3n) is 0.195. The molecule has 0 unspecified atom stereocenters. The highest BCUT2D eigenvalue weighted by molar-refractivity contribution is 14.1. The molecule has 0 radical (unpaired) electrons. The van der Waals surface area contributed by atoms with Gasteiger partial charge >= 0.3 is 0 Å². The number of rotatable bonds is 0. The third-order valence-corrected chi connectivity index (χ3v) is 1.31. The Hall–Kier alpha value is 0.400. The number of hydrogen-bond donors (Lipinski definition) is 0. The average molecular weight is 184 g/mol. The normalized spacial score (nSPS) is 7.00.